The molecule has 0 aliphatic heterocycles. The van der Waals surface area contributed by atoms with E-state index in [4.69, 9.17) is 0 Å². The predicted molar refractivity (Wildman–Crippen MR) is 120 cm³/mol. The molecule has 0 fully saturated rings. The standard InChI is InChI=1S/C27H19N/c1-2-8-19(9-3-1)18-28-24-16-14-20-10-4-6-12-22(20)26(24)27-23-13-7-5-11-21(23)15-17-25(27)28/h1-17H,18H2. The second kappa shape index (κ2) is 5.97. The summed E-state index contributed by atoms with van der Waals surface area (Å²) in [5.41, 5.74) is 3.92. The van der Waals surface area contributed by atoms with Gasteiger partial charge >= 0.3 is 0 Å². The van der Waals surface area contributed by atoms with Gasteiger partial charge in [-0.05, 0) is 39.2 Å². The fraction of sp³-hybridized carbons (Fsp3) is 0.0370. The van der Waals surface area contributed by atoms with Crippen molar-refractivity contribution in [2.24, 2.45) is 0 Å². The van der Waals surface area contributed by atoms with E-state index in [0.29, 0.717) is 0 Å². The molecule has 0 spiro atoms. The summed E-state index contributed by atoms with van der Waals surface area (Å²) < 4.78 is 2.47. The van der Waals surface area contributed by atoms with Gasteiger partial charge in [0, 0.05) is 17.3 Å². The molecule has 0 N–H and O–H groups in total. The Morgan fingerprint density at radius 3 is 1.54 bits per heavy atom. The van der Waals surface area contributed by atoms with E-state index in [1.807, 2.05) is 0 Å². The van der Waals surface area contributed by atoms with Crippen LogP contribution in [0.4, 0.5) is 0 Å². The van der Waals surface area contributed by atoms with E-state index in [0.717, 1.165) is 6.54 Å². The van der Waals surface area contributed by atoms with Crippen molar-refractivity contribution in [2.45, 2.75) is 6.54 Å². The first-order valence-corrected chi connectivity index (χ1v) is 9.75. The van der Waals surface area contributed by atoms with E-state index < -0.39 is 0 Å². The third-order valence-corrected chi connectivity index (χ3v) is 5.83. The molecule has 28 heavy (non-hydrogen) atoms. The Labute approximate surface area is 163 Å². The monoisotopic (exact) mass is 357 g/mol. The van der Waals surface area contributed by atoms with Gasteiger partial charge in [0.05, 0.1) is 11.0 Å². The Balaban J connectivity index is 1.82. The normalized spacial score (nSPS) is 11.7. The van der Waals surface area contributed by atoms with Gasteiger partial charge < -0.3 is 4.57 Å². The first kappa shape index (κ1) is 15.5. The van der Waals surface area contributed by atoms with Gasteiger partial charge in [-0.25, -0.2) is 0 Å². The average molecular weight is 357 g/mol. The molecular weight excluding hydrogens is 338 g/mol. The van der Waals surface area contributed by atoms with Crippen LogP contribution in [0.1, 0.15) is 5.56 Å². The van der Waals surface area contributed by atoms with E-state index >= 15 is 0 Å². The Bertz CT molecular complexity index is 1380. The zero-order chi connectivity index (χ0) is 18.5. The minimum absolute atomic E-state index is 0.873. The lowest BCUT2D eigenvalue weighted by Crippen LogP contribution is -1.99. The van der Waals surface area contributed by atoms with Crippen LogP contribution in [-0.2, 0) is 6.54 Å². The SMILES string of the molecule is c1ccc(Cn2c3ccc4ccccc4c3c3c4ccccc4ccc32)cc1. The van der Waals surface area contributed by atoms with Crippen molar-refractivity contribution in [1.82, 2.24) is 4.57 Å². The lowest BCUT2D eigenvalue weighted by atomic mass is 10.00. The van der Waals surface area contributed by atoms with Crippen molar-refractivity contribution >= 4 is 43.4 Å². The maximum absolute atomic E-state index is 2.47. The molecule has 0 saturated heterocycles. The van der Waals surface area contributed by atoms with Gasteiger partial charge in [-0.2, -0.15) is 0 Å². The van der Waals surface area contributed by atoms with Crippen LogP contribution in [0.25, 0.3) is 43.4 Å². The van der Waals surface area contributed by atoms with Crippen LogP contribution in [0.5, 0.6) is 0 Å². The summed E-state index contributed by atoms with van der Waals surface area (Å²) in [6.45, 7) is 0.873. The van der Waals surface area contributed by atoms with Crippen LogP contribution in [0.15, 0.2) is 103 Å². The van der Waals surface area contributed by atoms with Crippen LogP contribution in [-0.4, -0.2) is 4.57 Å². The fourth-order valence-electron chi connectivity index (χ4n) is 4.56. The molecular formula is C27H19N. The van der Waals surface area contributed by atoms with E-state index in [2.05, 4.69) is 108 Å². The summed E-state index contributed by atoms with van der Waals surface area (Å²) in [6, 6.07) is 37.3. The quantitative estimate of drug-likeness (QED) is 0.310. The molecule has 0 unspecified atom stereocenters. The second-order valence-corrected chi connectivity index (χ2v) is 7.43. The molecule has 5 aromatic carbocycles. The summed E-state index contributed by atoms with van der Waals surface area (Å²) in [5, 5.41) is 7.96. The lowest BCUT2D eigenvalue weighted by molar-refractivity contribution is 0.869. The Morgan fingerprint density at radius 2 is 0.964 bits per heavy atom. The number of benzene rings is 5. The smallest absolute Gasteiger partial charge is 0.0501 e. The second-order valence-electron chi connectivity index (χ2n) is 7.43. The van der Waals surface area contributed by atoms with Crippen LogP contribution >= 0.6 is 0 Å². The number of aromatic nitrogens is 1. The third-order valence-electron chi connectivity index (χ3n) is 5.83. The summed E-state index contributed by atoms with van der Waals surface area (Å²) in [7, 11) is 0. The first-order chi connectivity index (χ1) is 13.9. The van der Waals surface area contributed by atoms with Gasteiger partial charge in [-0.1, -0.05) is 91.0 Å². The zero-order valence-electron chi connectivity index (χ0n) is 15.5. The maximum Gasteiger partial charge on any atom is 0.0501 e. The van der Waals surface area contributed by atoms with Gasteiger partial charge in [0.15, 0.2) is 0 Å². The van der Waals surface area contributed by atoms with Crippen LogP contribution in [0.3, 0.4) is 0 Å². The highest BCUT2D eigenvalue weighted by atomic mass is 15.0. The highest BCUT2D eigenvalue weighted by Gasteiger charge is 2.15. The molecule has 132 valence electrons. The Morgan fingerprint density at radius 1 is 0.464 bits per heavy atom. The minimum atomic E-state index is 0.873. The Hall–Kier alpha value is -3.58. The number of nitrogens with zero attached hydrogens (tertiary/aromatic N) is 1. The third kappa shape index (κ3) is 2.20. The van der Waals surface area contributed by atoms with E-state index in [1.165, 1.54) is 48.9 Å². The van der Waals surface area contributed by atoms with Gasteiger partial charge in [0.25, 0.3) is 0 Å². The molecule has 1 heterocycles. The summed E-state index contributed by atoms with van der Waals surface area (Å²) in [4.78, 5) is 0. The number of hydrogen-bond acceptors (Lipinski definition) is 0. The molecule has 0 aliphatic rings. The molecule has 1 heteroatoms. The molecule has 0 amide bonds. The minimum Gasteiger partial charge on any atom is -0.336 e. The molecule has 0 saturated carbocycles. The number of rotatable bonds is 2. The van der Waals surface area contributed by atoms with E-state index in [1.54, 1.807) is 0 Å². The molecule has 0 radical (unpaired) electrons. The van der Waals surface area contributed by atoms with Crippen LogP contribution in [0, 0.1) is 0 Å². The highest BCUT2D eigenvalue weighted by Crippen LogP contribution is 2.39. The largest absolute Gasteiger partial charge is 0.336 e. The van der Waals surface area contributed by atoms with Gasteiger partial charge in [-0.15, -0.1) is 0 Å². The first-order valence-electron chi connectivity index (χ1n) is 9.75. The van der Waals surface area contributed by atoms with Crippen molar-refractivity contribution < 1.29 is 0 Å². The predicted octanol–water partition coefficient (Wildman–Crippen LogP) is 7.15. The van der Waals surface area contributed by atoms with Crippen LogP contribution in [0.2, 0.25) is 0 Å². The van der Waals surface area contributed by atoms with Crippen molar-refractivity contribution in [2.75, 3.05) is 0 Å². The van der Waals surface area contributed by atoms with Crippen molar-refractivity contribution in [3.05, 3.63) is 109 Å². The lowest BCUT2D eigenvalue weighted by Gasteiger charge is -2.08. The van der Waals surface area contributed by atoms with Gasteiger partial charge in [-0.3, -0.25) is 0 Å². The molecule has 0 aliphatic carbocycles. The molecule has 1 nitrogen and oxygen atoms in total. The topological polar surface area (TPSA) is 4.93 Å². The molecule has 6 aromatic rings. The number of hydrogen-bond donors (Lipinski definition) is 0. The molecule has 0 atom stereocenters. The van der Waals surface area contributed by atoms with Gasteiger partial charge in [0.2, 0.25) is 0 Å². The van der Waals surface area contributed by atoms with Crippen molar-refractivity contribution in [1.29, 1.82) is 0 Å². The van der Waals surface area contributed by atoms with Gasteiger partial charge in [0.1, 0.15) is 0 Å². The zero-order valence-corrected chi connectivity index (χ0v) is 15.5. The molecule has 1 aromatic heterocycles. The van der Waals surface area contributed by atoms with E-state index in [9.17, 15) is 0 Å². The van der Waals surface area contributed by atoms with Crippen LogP contribution < -0.4 is 0 Å². The molecule has 0 bridgehead atoms. The fourth-order valence-corrected chi connectivity index (χ4v) is 4.56. The summed E-state index contributed by atoms with van der Waals surface area (Å²) in [6.07, 6.45) is 0. The Kier molecular flexibility index (Phi) is 3.30. The average Bonchev–Trinajstić information content (AvgIpc) is 3.09. The highest BCUT2D eigenvalue weighted by molar-refractivity contribution is 6.27. The molecule has 6 rings (SSSR count). The van der Waals surface area contributed by atoms with Crippen molar-refractivity contribution in [3.8, 4) is 0 Å². The van der Waals surface area contributed by atoms with Crippen molar-refractivity contribution in [3.63, 3.8) is 0 Å². The number of fused-ring (bicyclic) bond motifs is 7. The summed E-state index contributed by atoms with van der Waals surface area (Å²) >= 11 is 0. The summed E-state index contributed by atoms with van der Waals surface area (Å²) in [5.74, 6) is 0. The maximum atomic E-state index is 2.47. The van der Waals surface area contributed by atoms with E-state index in [-0.39, 0.29) is 0 Å².